The average Bonchev–Trinajstić information content (AvgIpc) is 3.02. The number of aryl methyl sites for hydroxylation is 1. The van der Waals surface area contributed by atoms with Crippen LogP contribution in [0.2, 0.25) is 5.04 Å². The maximum Gasteiger partial charge on any atom is 0.261 e. The van der Waals surface area contributed by atoms with Crippen LogP contribution in [0.3, 0.4) is 0 Å². The number of aromatic nitrogens is 1. The minimum atomic E-state index is -2.69. The lowest BCUT2D eigenvalue weighted by atomic mass is 9.94. The van der Waals surface area contributed by atoms with Gasteiger partial charge in [0, 0.05) is 25.7 Å². The highest BCUT2D eigenvalue weighted by Crippen LogP contribution is 2.38. The van der Waals surface area contributed by atoms with Crippen molar-refractivity contribution < 1.29 is 14.0 Å². The van der Waals surface area contributed by atoms with Gasteiger partial charge in [-0.3, -0.25) is 9.59 Å². The van der Waals surface area contributed by atoms with E-state index in [-0.39, 0.29) is 16.9 Å². The molecule has 0 bridgehead atoms. The van der Waals surface area contributed by atoms with Crippen LogP contribution in [0, 0.1) is 13.8 Å². The van der Waals surface area contributed by atoms with Gasteiger partial charge in [-0.2, -0.15) is 0 Å². The van der Waals surface area contributed by atoms with Crippen molar-refractivity contribution in [2.75, 3.05) is 11.9 Å². The fraction of sp³-hybridized carbons (Fsp3) is 0.256. The van der Waals surface area contributed by atoms with Gasteiger partial charge in [0.05, 0.1) is 6.61 Å². The lowest BCUT2D eigenvalue weighted by Gasteiger charge is -2.43. The molecule has 0 aliphatic heterocycles. The quantitative estimate of drug-likeness (QED) is 0.139. The van der Waals surface area contributed by atoms with E-state index in [4.69, 9.17) is 4.43 Å². The molecular formula is C39H45N3O3Si. The number of hydrogen-bond acceptors (Lipinski definition) is 4. The van der Waals surface area contributed by atoms with Crippen LogP contribution in [0.5, 0.6) is 0 Å². The molecule has 2 amide bonds. The van der Waals surface area contributed by atoms with Gasteiger partial charge in [-0.25, -0.2) is 4.98 Å². The van der Waals surface area contributed by atoms with E-state index in [0.29, 0.717) is 19.0 Å². The van der Waals surface area contributed by atoms with E-state index in [9.17, 15) is 9.59 Å². The highest BCUT2D eigenvalue weighted by molar-refractivity contribution is 6.99. The second-order valence-electron chi connectivity index (χ2n) is 12.6. The number of benzene rings is 3. The van der Waals surface area contributed by atoms with Gasteiger partial charge in [0.1, 0.15) is 5.82 Å². The summed E-state index contributed by atoms with van der Waals surface area (Å²) in [5, 5.41) is 7.98. The van der Waals surface area contributed by atoms with E-state index in [1.54, 1.807) is 24.4 Å². The van der Waals surface area contributed by atoms with Crippen molar-refractivity contribution in [2.45, 2.75) is 60.1 Å². The molecule has 0 aliphatic rings. The monoisotopic (exact) mass is 631 g/mol. The highest BCUT2D eigenvalue weighted by Gasteiger charge is 2.50. The van der Waals surface area contributed by atoms with Gasteiger partial charge in [0.25, 0.3) is 8.32 Å². The standard InChI is InChI=1S/C39H45N3O3Si/c1-28-18-21-35(29(2)24-25-40-38(44)23-20-32-19-22-37(41-26-32)42-31(4)43)30(3)36(28)27-45-46(39(5,6)7,33-14-10-8-11-15-33)34-16-12-9-13-17-34/h8-24,26H,25,27H2,1-7H3,(H,40,44)(H,41,42,43)/b23-20+,29-24-. The minimum Gasteiger partial charge on any atom is -0.403 e. The Hall–Kier alpha value is -4.59. The Morgan fingerprint density at radius 3 is 2.04 bits per heavy atom. The molecule has 0 saturated carbocycles. The van der Waals surface area contributed by atoms with Crippen LogP contribution < -0.4 is 21.0 Å². The summed E-state index contributed by atoms with van der Waals surface area (Å²) in [5.41, 5.74) is 6.58. The zero-order chi connectivity index (χ0) is 33.3. The number of carbonyl (C=O) groups is 2. The predicted molar refractivity (Wildman–Crippen MR) is 193 cm³/mol. The van der Waals surface area contributed by atoms with Crippen molar-refractivity contribution in [1.29, 1.82) is 0 Å². The topological polar surface area (TPSA) is 80.3 Å². The van der Waals surface area contributed by atoms with Gasteiger partial charge in [-0.15, -0.1) is 0 Å². The summed E-state index contributed by atoms with van der Waals surface area (Å²) in [6.45, 7) is 15.6. The van der Waals surface area contributed by atoms with Crippen molar-refractivity contribution in [3.05, 3.63) is 131 Å². The third kappa shape index (κ3) is 8.16. The fourth-order valence-electron chi connectivity index (χ4n) is 5.89. The van der Waals surface area contributed by atoms with E-state index < -0.39 is 8.32 Å². The molecule has 7 heteroatoms. The first-order valence-electron chi connectivity index (χ1n) is 15.6. The maximum atomic E-state index is 12.5. The maximum absolute atomic E-state index is 12.5. The Morgan fingerprint density at radius 2 is 1.50 bits per heavy atom. The van der Waals surface area contributed by atoms with Gasteiger partial charge in [0.2, 0.25) is 11.8 Å². The molecule has 4 aromatic rings. The average molecular weight is 632 g/mol. The molecule has 2 N–H and O–H groups in total. The Kier molecular flexibility index (Phi) is 11.3. The molecule has 4 rings (SSSR count). The summed E-state index contributed by atoms with van der Waals surface area (Å²) < 4.78 is 7.28. The molecule has 0 fully saturated rings. The van der Waals surface area contributed by atoms with Crippen molar-refractivity contribution in [1.82, 2.24) is 10.3 Å². The Morgan fingerprint density at radius 1 is 0.870 bits per heavy atom. The predicted octanol–water partition coefficient (Wildman–Crippen LogP) is 6.97. The summed E-state index contributed by atoms with van der Waals surface area (Å²) in [6.07, 6.45) is 6.82. The number of nitrogens with zero attached hydrogens (tertiary/aromatic N) is 1. The molecule has 46 heavy (non-hydrogen) atoms. The molecule has 0 saturated heterocycles. The molecule has 0 radical (unpaired) electrons. The van der Waals surface area contributed by atoms with Crippen LogP contribution in [0.4, 0.5) is 5.82 Å². The largest absolute Gasteiger partial charge is 0.403 e. The second-order valence-corrected chi connectivity index (χ2v) is 16.9. The fourth-order valence-corrected chi connectivity index (χ4v) is 10.4. The number of nitrogens with one attached hydrogen (secondary N) is 2. The summed E-state index contributed by atoms with van der Waals surface area (Å²) in [5.74, 6) is 0.0908. The summed E-state index contributed by atoms with van der Waals surface area (Å²) in [6, 6.07) is 29.3. The van der Waals surface area contributed by atoms with Crippen LogP contribution in [-0.4, -0.2) is 31.7 Å². The van der Waals surface area contributed by atoms with Crippen LogP contribution in [0.1, 0.15) is 62.4 Å². The molecule has 0 spiro atoms. The second kappa shape index (κ2) is 15.1. The first-order chi connectivity index (χ1) is 21.9. The van der Waals surface area contributed by atoms with Gasteiger partial charge in [-0.05, 0) is 87.8 Å². The summed E-state index contributed by atoms with van der Waals surface area (Å²) >= 11 is 0. The molecular weight excluding hydrogens is 587 g/mol. The van der Waals surface area contributed by atoms with E-state index in [1.807, 2.05) is 6.08 Å². The molecule has 1 aromatic heterocycles. The Balaban J connectivity index is 1.51. The van der Waals surface area contributed by atoms with E-state index >= 15 is 0 Å². The van der Waals surface area contributed by atoms with Gasteiger partial charge in [-0.1, -0.05) is 99.6 Å². The highest BCUT2D eigenvalue weighted by atomic mass is 28.4. The Labute approximate surface area is 274 Å². The zero-order valence-electron chi connectivity index (χ0n) is 28.0. The molecule has 0 aliphatic carbocycles. The third-order valence-corrected chi connectivity index (χ3v) is 13.3. The summed E-state index contributed by atoms with van der Waals surface area (Å²) in [4.78, 5) is 27.8. The zero-order valence-corrected chi connectivity index (χ0v) is 29.0. The number of anilines is 1. The van der Waals surface area contributed by atoms with Crippen LogP contribution in [0.15, 0.2) is 103 Å². The van der Waals surface area contributed by atoms with Crippen molar-refractivity contribution in [3.63, 3.8) is 0 Å². The number of rotatable bonds is 11. The molecule has 238 valence electrons. The number of allylic oxidation sites excluding steroid dienone is 1. The van der Waals surface area contributed by atoms with Gasteiger partial charge < -0.3 is 15.1 Å². The smallest absolute Gasteiger partial charge is 0.261 e. The first-order valence-corrected chi connectivity index (χ1v) is 17.5. The summed E-state index contributed by atoms with van der Waals surface area (Å²) in [7, 11) is -2.69. The lowest BCUT2D eigenvalue weighted by Crippen LogP contribution is -2.66. The molecule has 3 aromatic carbocycles. The van der Waals surface area contributed by atoms with Crippen molar-refractivity contribution in [2.24, 2.45) is 0 Å². The lowest BCUT2D eigenvalue weighted by molar-refractivity contribution is -0.116. The molecule has 0 atom stereocenters. The van der Waals surface area contributed by atoms with Crippen molar-refractivity contribution in [3.8, 4) is 0 Å². The van der Waals surface area contributed by atoms with E-state index in [1.165, 1.54) is 40.1 Å². The third-order valence-electron chi connectivity index (χ3n) is 8.31. The normalized spacial score (nSPS) is 12.3. The number of pyridine rings is 1. The van der Waals surface area contributed by atoms with Crippen LogP contribution in [-0.2, 0) is 20.6 Å². The SMILES string of the molecule is CC(=O)Nc1ccc(/C=C/C(=O)NC/C=C(/C)c2ccc(C)c(CO[Si](c3ccccc3)(c3ccccc3)C(C)(C)C)c2C)cn1. The molecule has 6 nitrogen and oxygen atoms in total. The molecule has 1 heterocycles. The number of hydrogen-bond donors (Lipinski definition) is 2. The first kappa shape index (κ1) is 34.3. The number of amides is 2. The van der Waals surface area contributed by atoms with Gasteiger partial charge in [0.15, 0.2) is 0 Å². The van der Waals surface area contributed by atoms with Gasteiger partial charge >= 0.3 is 0 Å². The number of carbonyl (C=O) groups excluding carboxylic acids is 2. The molecule has 0 unspecified atom stereocenters. The van der Waals surface area contributed by atoms with E-state index in [2.05, 4.69) is 130 Å². The van der Waals surface area contributed by atoms with Crippen molar-refractivity contribution >= 4 is 48.0 Å². The Bertz CT molecular complexity index is 1670. The van der Waals surface area contributed by atoms with E-state index in [0.717, 1.165) is 16.7 Å². The van der Waals surface area contributed by atoms with Crippen LogP contribution >= 0.6 is 0 Å². The minimum absolute atomic E-state index is 0.107. The van der Waals surface area contributed by atoms with Crippen LogP contribution in [0.25, 0.3) is 11.6 Å².